The van der Waals surface area contributed by atoms with Gasteiger partial charge in [0.25, 0.3) is 11.2 Å². The number of hydrogen-bond donors (Lipinski definition) is 0. The highest BCUT2D eigenvalue weighted by atomic mass is 35.5. The molecule has 0 spiro atoms. The summed E-state index contributed by atoms with van der Waals surface area (Å²) in [4.78, 5) is 22.3. The van der Waals surface area contributed by atoms with Gasteiger partial charge < -0.3 is 4.57 Å². The molecular formula is C12H13ClN4O3. The lowest BCUT2D eigenvalue weighted by Gasteiger charge is -2.06. The van der Waals surface area contributed by atoms with Crippen LogP contribution in [0, 0.1) is 24.0 Å². The van der Waals surface area contributed by atoms with Crippen LogP contribution < -0.4 is 5.56 Å². The lowest BCUT2D eigenvalue weighted by Crippen LogP contribution is -2.21. The lowest BCUT2D eigenvalue weighted by molar-refractivity contribution is -0.385. The topological polar surface area (TPSA) is 83.0 Å². The molecule has 0 radical (unpaired) electrons. The number of aromatic nitrogens is 3. The summed E-state index contributed by atoms with van der Waals surface area (Å²) in [6, 6.07) is 1.25. The second-order valence-electron chi connectivity index (χ2n) is 4.54. The molecule has 0 saturated carbocycles. The van der Waals surface area contributed by atoms with E-state index < -0.39 is 4.92 Å². The Morgan fingerprint density at radius 1 is 1.45 bits per heavy atom. The van der Waals surface area contributed by atoms with Crippen LogP contribution in [0.2, 0.25) is 5.15 Å². The molecule has 2 heterocycles. The average molecular weight is 297 g/mol. The van der Waals surface area contributed by atoms with Gasteiger partial charge in [-0.2, -0.15) is 5.10 Å². The van der Waals surface area contributed by atoms with Crippen LogP contribution in [0.25, 0.3) is 0 Å². The zero-order valence-electron chi connectivity index (χ0n) is 11.3. The predicted octanol–water partition coefficient (Wildman–Crippen LogP) is 1.81. The highest BCUT2D eigenvalue weighted by molar-refractivity contribution is 6.30. The molecule has 20 heavy (non-hydrogen) atoms. The number of halogens is 1. The molecule has 0 saturated heterocycles. The van der Waals surface area contributed by atoms with Crippen LogP contribution in [0.4, 0.5) is 5.69 Å². The van der Waals surface area contributed by atoms with E-state index in [2.05, 4.69) is 5.10 Å². The molecular weight excluding hydrogens is 284 g/mol. The lowest BCUT2D eigenvalue weighted by atomic mass is 10.2. The summed E-state index contributed by atoms with van der Waals surface area (Å²) in [6.07, 6.45) is 1.24. The van der Waals surface area contributed by atoms with Crippen LogP contribution in [-0.4, -0.2) is 19.3 Å². The average Bonchev–Trinajstić information content (AvgIpc) is 2.58. The zero-order chi connectivity index (χ0) is 15.0. The molecule has 2 aromatic heterocycles. The molecule has 106 valence electrons. The summed E-state index contributed by atoms with van der Waals surface area (Å²) in [5.74, 6) is 0. The van der Waals surface area contributed by atoms with E-state index in [-0.39, 0.29) is 17.8 Å². The van der Waals surface area contributed by atoms with Crippen LogP contribution >= 0.6 is 11.6 Å². The molecule has 7 nitrogen and oxygen atoms in total. The van der Waals surface area contributed by atoms with Crippen molar-refractivity contribution in [2.24, 2.45) is 7.05 Å². The Bertz CT molecular complexity index is 748. The molecule has 0 unspecified atom stereocenters. The fourth-order valence-corrected chi connectivity index (χ4v) is 2.23. The summed E-state index contributed by atoms with van der Waals surface area (Å²) in [6.45, 7) is 3.46. The van der Waals surface area contributed by atoms with Gasteiger partial charge in [0.2, 0.25) is 0 Å². The van der Waals surface area contributed by atoms with Gasteiger partial charge in [0.15, 0.2) is 0 Å². The van der Waals surface area contributed by atoms with Crippen molar-refractivity contribution in [1.29, 1.82) is 0 Å². The van der Waals surface area contributed by atoms with Crippen molar-refractivity contribution in [3.63, 3.8) is 0 Å². The first kappa shape index (κ1) is 14.3. The SMILES string of the molecule is Cc1cc(=O)n(Cc2c(C)nn(C)c2Cl)cc1[N+](=O)[O-]. The summed E-state index contributed by atoms with van der Waals surface area (Å²) in [5, 5.41) is 15.5. The minimum absolute atomic E-state index is 0.0951. The molecule has 0 atom stereocenters. The van der Waals surface area contributed by atoms with Crippen molar-refractivity contribution in [1.82, 2.24) is 14.3 Å². The third-order valence-electron chi connectivity index (χ3n) is 3.10. The van der Waals surface area contributed by atoms with Gasteiger partial charge >= 0.3 is 0 Å². The molecule has 0 aromatic carbocycles. The van der Waals surface area contributed by atoms with Crippen LogP contribution in [0.15, 0.2) is 17.1 Å². The minimum Gasteiger partial charge on any atom is -0.304 e. The number of rotatable bonds is 3. The molecule has 0 N–H and O–H groups in total. The summed E-state index contributed by atoms with van der Waals surface area (Å²) >= 11 is 6.10. The molecule has 0 aliphatic heterocycles. The van der Waals surface area contributed by atoms with Gasteiger partial charge in [-0.05, 0) is 13.8 Å². The molecule has 0 aliphatic carbocycles. The third-order valence-corrected chi connectivity index (χ3v) is 3.57. The highest BCUT2D eigenvalue weighted by Gasteiger charge is 2.16. The highest BCUT2D eigenvalue weighted by Crippen LogP contribution is 2.20. The maximum atomic E-state index is 11.9. The van der Waals surface area contributed by atoms with Gasteiger partial charge in [-0.25, -0.2) is 0 Å². The summed E-state index contributed by atoms with van der Waals surface area (Å²) in [7, 11) is 1.69. The first-order valence-corrected chi connectivity index (χ1v) is 6.22. The largest absolute Gasteiger partial charge is 0.304 e. The van der Waals surface area contributed by atoms with E-state index in [4.69, 9.17) is 11.6 Å². The maximum Gasteiger partial charge on any atom is 0.288 e. The third kappa shape index (κ3) is 2.44. The Morgan fingerprint density at radius 3 is 2.60 bits per heavy atom. The van der Waals surface area contributed by atoms with E-state index in [1.165, 1.54) is 28.4 Å². The fraction of sp³-hybridized carbons (Fsp3) is 0.333. The maximum absolute atomic E-state index is 11.9. The van der Waals surface area contributed by atoms with Crippen molar-refractivity contribution in [2.75, 3.05) is 0 Å². The number of nitro groups is 1. The zero-order valence-corrected chi connectivity index (χ0v) is 12.0. The van der Waals surface area contributed by atoms with E-state index in [1.54, 1.807) is 14.0 Å². The number of aryl methyl sites for hydroxylation is 3. The Labute approximate surface area is 119 Å². The van der Waals surface area contributed by atoms with E-state index in [1.807, 2.05) is 0 Å². The Balaban J connectivity index is 2.51. The summed E-state index contributed by atoms with van der Waals surface area (Å²) in [5.41, 5.74) is 1.29. The Kier molecular flexibility index (Phi) is 3.63. The molecule has 0 aliphatic rings. The normalized spacial score (nSPS) is 10.8. The summed E-state index contributed by atoms with van der Waals surface area (Å²) < 4.78 is 2.76. The fourth-order valence-electron chi connectivity index (χ4n) is 1.99. The Hall–Kier alpha value is -2.15. The van der Waals surface area contributed by atoms with Gasteiger partial charge in [-0.3, -0.25) is 19.6 Å². The predicted molar refractivity (Wildman–Crippen MR) is 74.2 cm³/mol. The minimum atomic E-state index is -0.511. The van der Waals surface area contributed by atoms with Gasteiger partial charge in [-0.1, -0.05) is 11.6 Å². The first-order valence-electron chi connectivity index (χ1n) is 5.84. The molecule has 0 amide bonds. The quantitative estimate of drug-likeness (QED) is 0.639. The van der Waals surface area contributed by atoms with Crippen molar-refractivity contribution >= 4 is 17.3 Å². The van der Waals surface area contributed by atoms with Crippen molar-refractivity contribution < 1.29 is 4.92 Å². The van der Waals surface area contributed by atoms with E-state index in [0.717, 1.165) is 0 Å². The molecule has 2 aromatic rings. The molecule has 8 heteroatoms. The monoisotopic (exact) mass is 296 g/mol. The first-order chi connectivity index (χ1) is 9.31. The van der Waals surface area contributed by atoms with E-state index >= 15 is 0 Å². The van der Waals surface area contributed by atoms with Crippen molar-refractivity contribution in [3.05, 3.63) is 54.7 Å². The second-order valence-corrected chi connectivity index (χ2v) is 4.90. The van der Waals surface area contributed by atoms with Crippen LogP contribution in [0.1, 0.15) is 16.8 Å². The van der Waals surface area contributed by atoms with Crippen LogP contribution in [0.3, 0.4) is 0 Å². The van der Waals surface area contributed by atoms with Crippen molar-refractivity contribution in [3.8, 4) is 0 Å². The Morgan fingerprint density at radius 2 is 2.10 bits per heavy atom. The van der Waals surface area contributed by atoms with Gasteiger partial charge in [0, 0.05) is 24.2 Å². The van der Waals surface area contributed by atoms with Gasteiger partial charge in [0.1, 0.15) is 5.15 Å². The molecule has 0 bridgehead atoms. The van der Waals surface area contributed by atoms with Crippen LogP contribution in [-0.2, 0) is 13.6 Å². The standard InChI is InChI=1S/C12H13ClN4O3/c1-7-4-11(18)16(6-10(7)17(19)20)5-9-8(2)14-15(3)12(9)13/h4,6H,5H2,1-3H3. The van der Waals surface area contributed by atoms with E-state index in [0.29, 0.717) is 22.0 Å². The number of hydrogen-bond acceptors (Lipinski definition) is 4. The van der Waals surface area contributed by atoms with E-state index in [9.17, 15) is 14.9 Å². The van der Waals surface area contributed by atoms with Gasteiger partial charge in [-0.15, -0.1) is 0 Å². The number of nitrogens with zero attached hydrogens (tertiary/aromatic N) is 4. The second kappa shape index (κ2) is 5.09. The van der Waals surface area contributed by atoms with Crippen molar-refractivity contribution in [2.45, 2.75) is 20.4 Å². The van der Waals surface area contributed by atoms with Crippen LogP contribution in [0.5, 0.6) is 0 Å². The molecule has 2 rings (SSSR count). The van der Waals surface area contributed by atoms with Gasteiger partial charge in [0.05, 0.1) is 23.4 Å². The smallest absolute Gasteiger partial charge is 0.288 e. The number of pyridine rings is 1. The molecule has 0 fully saturated rings.